The normalized spacial score (nSPS) is 16.4. The maximum atomic E-state index is 5.65. The molecule has 0 bridgehead atoms. The summed E-state index contributed by atoms with van der Waals surface area (Å²) in [4.78, 5) is 0. The minimum atomic E-state index is 0.601. The summed E-state index contributed by atoms with van der Waals surface area (Å²) in [6.45, 7) is 9.04. The summed E-state index contributed by atoms with van der Waals surface area (Å²) in [7, 11) is 0. The van der Waals surface area contributed by atoms with Gasteiger partial charge >= 0.3 is 0 Å². The summed E-state index contributed by atoms with van der Waals surface area (Å²) in [5.74, 6) is 1.23. The van der Waals surface area contributed by atoms with Crippen molar-refractivity contribution in [2.24, 2.45) is 11.8 Å². The van der Waals surface area contributed by atoms with E-state index in [-0.39, 0.29) is 0 Å². The van der Waals surface area contributed by atoms with E-state index in [0.29, 0.717) is 11.8 Å². The lowest BCUT2D eigenvalue weighted by molar-refractivity contribution is 0.515. The van der Waals surface area contributed by atoms with Crippen molar-refractivity contribution in [3.8, 4) is 0 Å². The van der Waals surface area contributed by atoms with Crippen LogP contribution in [0, 0.1) is 11.8 Å². The highest BCUT2D eigenvalue weighted by molar-refractivity contribution is 5.57. The molecule has 0 unspecified atom stereocenters. The molecule has 0 saturated heterocycles. The SMILES string of the molecule is CC(C)C1=c2ccoc2=C(C(C)C)CC1. The van der Waals surface area contributed by atoms with E-state index in [2.05, 4.69) is 33.8 Å². The fraction of sp³-hybridized carbons (Fsp3) is 0.571. The Labute approximate surface area is 91.5 Å². The maximum Gasteiger partial charge on any atom is 0.133 e. The molecule has 0 aromatic carbocycles. The number of hydrogen-bond donors (Lipinski definition) is 0. The molecule has 0 saturated carbocycles. The smallest absolute Gasteiger partial charge is 0.133 e. The standard InChI is InChI=1S/C14H20O/c1-9(2)11-5-6-12(10(3)4)14-13(11)7-8-15-14/h7-10H,5-6H2,1-4H3. The van der Waals surface area contributed by atoms with Crippen molar-refractivity contribution in [2.45, 2.75) is 40.5 Å². The van der Waals surface area contributed by atoms with Crippen LogP contribution in [-0.2, 0) is 0 Å². The predicted molar refractivity (Wildman–Crippen MR) is 63.7 cm³/mol. The van der Waals surface area contributed by atoms with Crippen LogP contribution in [-0.4, -0.2) is 0 Å². The Balaban J connectivity index is 2.74. The van der Waals surface area contributed by atoms with E-state index in [1.54, 1.807) is 5.57 Å². The lowest BCUT2D eigenvalue weighted by Gasteiger charge is -2.18. The molecular formula is C14H20O. The lowest BCUT2D eigenvalue weighted by atomic mass is 9.86. The third-order valence-corrected chi connectivity index (χ3v) is 3.36. The molecule has 0 spiro atoms. The summed E-state index contributed by atoms with van der Waals surface area (Å²) in [6, 6.07) is 2.13. The first-order chi connectivity index (χ1) is 7.11. The van der Waals surface area contributed by atoms with Crippen molar-refractivity contribution in [2.75, 3.05) is 0 Å². The molecule has 1 aromatic heterocycles. The molecule has 1 heteroatoms. The van der Waals surface area contributed by atoms with Gasteiger partial charge in [-0.25, -0.2) is 0 Å². The Bertz CT molecular complexity index is 417. The summed E-state index contributed by atoms with van der Waals surface area (Å²) < 4.78 is 5.65. The van der Waals surface area contributed by atoms with Crippen molar-refractivity contribution >= 4 is 11.1 Å². The van der Waals surface area contributed by atoms with Crippen molar-refractivity contribution in [1.82, 2.24) is 0 Å². The molecule has 1 aliphatic carbocycles. The highest BCUT2D eigenvalue weighted by Gasteiger charge is 2.17. The van der Waals surface area contributed by atoms with E-state index in [1.807, 2.05) is 6.26 Å². The Morgan fingerprint density at radius 1 is 1.00 bits per heavy atom. The van der Waals surface area contributed by atoms with Crippen molar-refractivity contribution < 1.29 is 4.42 Å². The van der Waals surface area contributed by atoms with E-state index in [0.717, 1.165) is 5.42 Å². The van der Waals surface area contributed by atoms with Crippen molar-refractivity contribution in [3.05, 3.63) is 23.0 Å². The number of furan rings is 1. The van der Waals surface area contributed by atoms with Crippen LogP contribution >= 0.6 is 0 Å². The predicted octanol–water partition coefficient (Wildman–Crippen LogP) is 2.69. The highest BCUT2D eigenvalue weighted by atomic mass is 16.3. The lowest BCUT2D eigenvalue weighted by Crippen LogP contribution is -2.31. The average molecular weight is 204 g/mol. The van der Waals surface area contributed by atoms with Crippen LogP contribution in [0.5, 0.6) is 0 Å². The van der Waals surface area contributed by atoms with E-state index in [4.69, 9.17) is 4.42 Å². The first-order valence-electron chi connectivity index (χ1n) is 5.91. The van der Waals surface area contributed by atoms with Gasteiger partial charge in [0.1, 0.15) is 5.42 Å². The largest absolute Gasteiger partial charge is 0.464 e. The molecule has 0 radical (unpaired) electrons. The molecule has 1 aliphatic rings. The van der Waals surface area contributed by atoms with Gasteiger partial charge in [-0.05, 0) is 36.3 Å². The molecular weight excluding hydrogens is 184 g/mol. The van der Waals surface area contributed by atoms with Crippen molar-refractivity contribution in [1.29, 1.82) is 0 Å². The van der Waals surface area contributed by atoms with Gasteiger partial charge in [0.25, 0.3) is 0 Å². The zero-order valence-corrected chi connectivity index (χ0v) is 10.1. The number of rotatable bonds is 2. The topological polar surface area (TPSA) is 13.1 Å². The van der Waals surface area contributed by atoms with E-state index in [1.165, 1.54) is 23.6 Å². The van der Waals surface area contributed by atoms with Gasteiger partial charge in [0.15, 0.2) is 0 Å². The van der Waals surface area contributed by atoms with Gasteiger partial charge in [0, 0.05) is 5.22 Å². The average Bonchev–Trinajstić information content (AvgIpc) is 2.63. The molecule has 1 aromatic rings. The minimum absolute atomic E-state index is 0.601. The molecule has 0 amide bonds. The second-order valence-corrected chi connectivity index (χ2v) is 5.02. The van der Waals surface area contributed by atoms with Crippen LogP contribution in [0.4, 0.5) is 0 Å². The maximum absolute atomic E-state index is 5.65. The molecule has 2 rings (SSSR count). The van der Waals surface area contributed by atoms with E-state index < -0.39 is 0 Å². The molecule has 82 valence electrons. The second kappa shape index (κ2) is 3.88. The van der Waals surface area contributed by atoms with Crippen LogP contribution in [0.15, 0.2) is 16.7 Å². The van der Waals surface area contributed by atoms with Gasteiger partial charge in [-0.3, -0.25) is 0 Å². The summed E-state index contributed by atoms with van der Waals surface area (Å²) in [6.07, 6.45) is 4.21. The molecule has 0 fully saturated rings. The van der Waals surface area contributed by atoms with Crippen LogP contribution in [0.2, 0.25) is 0 Å². The Kier molecular flexibility index (Phi) is 2.72. The first-order valence-corrected chi connectivity index (χ1v) is 5.91. The van der Waals surface area contributed by atoms with E-state index in [9.17, 15) is 0 Å². The zero-order chi connectivity index (χ0) is 11.0. The fourth-order valence-electron chi connectivity index (χ4n) is 2.48. The second-order valence-electron chi connectivity index (χ2n) is 5.02. The van der Waals surface area contributed by atoms with Gasteiger partial charge < -0.3 is 4.42 Å². The van der Waals surface area contributed by atoms with Crippen LogP contribution < -0.4 is 10.6 Å². The summed E-state index contributed by atoms with van der Waals surface area (Å²) in [5.41, 5.74) is 4.20. The fourth-order valence-corrected chi connectivity index (χ4v) is 2.48. The highest BCUT2D eigenvalue weighted by Crippen LogP contribution is 2.25. The van der Waals surface area contributed by atoms with Crippen LogP contribution in [0.3, 0.4) is 0 Å². The third-order valence-electron chi connectivity index (χ3n) is 3.36. The molecule has 1 nitrogen and oxygen atoms in total. The van der Waals surface area contributed by atoms with Gasteiger partial charge in [0.05, 0.1) is 6.26 Å². The Morgan fingerprint density at radius 3 is 2.20 bits per heavy atom. The third kappa shape index (κ3) is 1.75. The van der Waals surface area contributed by atoms with E-state index >= 15 is 0 Å². The summed E-state index contributed by atoms with van der Waals surface area (Å²) in [5, 5.41) is 1.36. The van der Waals surface area contributed by atoms with Crippen molar-refractivity contribution in [3.63, 3.8) is 0 Å². The Hall–Kier alpha value is -0.980. The van der Waals surface area contributed by atoms with Gasteiger partial charge in [-0.15, -0.1) is 0 Å². The first kappa shape index (κ1) is 10.5. The Morgan fingerprint density at radius 2 is 1.60 bits per heavy atom. The van der Waals surface area contributed by atoms with Crippen LogP contribution in [0.1, 0.15) is 40.5 Å². The minimum Gasteiger partial charge on any atom is -0.464 e. The summed E-state index contributed by atoms with van der Waals surface area (Å²) >= 11 is 0. The van der Waals surface area contributed by atoms with Gasteiger partial charge in [-0.2, -0.15) is 0 Å². The molecule has 0 atom stereocenters. The number of hydrogen-bond acceptors (Lipinski definition) is 1. The van der Waals surface area contributed by atoms with Crippen LogP contribution in [0.25, 0.3) is 11.1 Å². The quantitative estimate of drug-likeness (QED) is 0.722. The number of fused-ring (bicyclic) bond motifs is 1. The van der Waals surface area contributed by atoms with Gasteiger partial charge in [-0.1, -0.05) is 33.3 Å². The molecule has 1 heterocycles. The zero-order valence-electron chi connectivity index (χ0n) is 10.1. The molecule has 0 aliphatic heterocycles. The monoisotopic (exact) mass is 204 g/mol. The molecule has 15 heavy (non-hydrogen) atoms. The van der Waals surface area contributed by atoms with Gasteiger partial charge in [0.2, 0.25) is 0 Å². The molecule has 0 N–H and O–H groups in total.